The minimum absolute atomic E-state index is 0.0741. The third kappa shape index (κ3) is 5.36. The summed E-state index contributed by atoms with van der Waals surface area (Å²) in [6, 6.07) is 3.50. The van der Waals surface area contributed by atoms with Gasteiger partial charge >= 0.3 is 0 Å². The summed E-state index contributed by atoms with van der Waals surface area (Å²) in [6.07, 6.45) is 0.383. The number of benzene rings is 1. The van der Waals surface area contributed by atoms with Gasteiger partial charge in [-0.05, 0) is 18.6 Å². The minimum Gasteiger partial charge on any atom is -0.495 e. The molecule has 20 heavy (non-hydrogen) atoms. The van der Waals surface area contributed by atoms with E-state index in [1.165, 1.54) is 0 Å². The number of methoxy groups -OCH3 is 2. The van der Waals surface area contributed by atoms with Gasteiger partial charge in [-0.2, -0.15) is 0 Å². The van der Waals surface area contributed by atoms with Gasteiger partial charge in [-0.1, -0.05) is 11.6 Å². The SMILES string of the molecule is COCCNCCC(=O)Nc1cc(C)c(Cl)cc1OC. The van der Waals surface area contributed by atoms with Gasteiger partial charge in [0, 0.05) is 37.7 Å². The molecule has 0 bridgehead atoms. The lowest BCUT2D eigenvalue weighted by Crippen LogP contribution is -2.24. The molecule has 0 aliphatic carbocycles. The van der Waals surface area contributed by atoms with Gasteiger partial charge in [0.15, 0.2) is 0 Å². The average molecular weight is 301 g/mol. The number of carbonyl (C=O) groups is 1. The highest BCUT2D eigenvalue weighted by Gasteiger charge is 2.10. The highest BCUT2D eigenvalue weighted by Crippen LogP contribution is 2.30. The van der Waals surface area contributed by atoms with E-state index in [0.717, 1.165) is 12.1 Å². The van der Waals surface area contributed by atoms with Crippen molar-refractivity contribution in [2.45, 2.75) is 13.3 Å². The molecule has 0 spiro atoms. The van der Waals surface area contributed by atoms with Crippen molar-refractivity contribution in [2.75, 3.05) is 39.2 Å². The summed E-state index contributed by atoms with van der Waals surface area (Å²) < 4.78 is 10.1. The van der Waals surface area contributed by atoms with E-state index < -0.39 is 0 Å². The van der Waals surface area contributed by atoms with Gasteiger partial charge in [0.25, 0.3) is 0 Å². The molecular weight excluding hydrogens is 280 g/mol. The van der Waals surface area contributed by atoms with E-state index in [2.05, 4.69) is 10.6 Å². The third-order valence-electron chi connectivity index (χ3n) is 2.77. The average Bonchev–Trinajstić information content (AvgIpc) is 2.42. The first-order chi connectivity index (χ1) is 9.58. The van der Waals surface area contributed by atoms with Crippen molar-refractivity contribution < 1.29 is 14.3 Å². The first-order valence-corrected chi connectivity index (χ1v) is 6.80. The molecule has 0 aromatic heterocycles. The smallest absolute Gasteiger partial charge is 0.225 e. The van der Waals surface area contributed by atoms with E-state index in [1.54, 1.807) is 26.4 Å². The first-order valence-electron chi connectivity index (χ1n) is 6.42. The summed E-state index contributed by atoms with van der Waals surface area (Å²) in [5.74, 6) is 0.483. The van der Waals surface area contributed by atoms with Crippen molar-refractivity contribution in [3.8, 4) is 5.75 Å². The third-order valence-corrected chi connectivity index (χ3v) is 3.17. The number of aryl methyl sites for hydroxylation is 1. The van der Waals surface area contributed by atoms with Crippen molar-refractivity contribution in [3.05, 3.63) is 22.7 Å². The van der Waals surface area contributed by atoms with Crippen LogP contribution in [0, 0.1) is 6.92 Å². The standard InChI is InChI=1S/C14H21ClN2O3/c1-10-8-12(13(20-3)9-11(10)15)17-14(18)4-5-16-6-7-19-2/h8-9,16H,4-7H2,1-3H3,(H,17,18). The van der Waals surface area contributed by atoms with Crippen molar-refractivity contribution >= 4 is 23.2 Å². The number of hydrogen-bond acceptors (Lipinski definition) is 4. The second-order valence-corrected chi connectivity index (χ2v) is 4.75. The maximum atomic E-state index is 11.8. The zero-order chi connectivity index (χ0) is 15.0. The molecule has 0 atom stereocenters. The number of rotatable bonds is 8. The second-order valence-electron chi connectivity index (χ2n) is 4.34. The number of hydrogen-bond donors (Lipinski definition) is 2. The van der Waals surface area contributed by atoms with E-state index in [9.17, 15) is 4.79 Å². The van der Waals surface area contributed by atoms with Crippen LogP contribution >= 0.6 is 11.6 Å². The lowest BCUT2D eigenvalue weighted by atomic mass is 10.2. The van der Waals surface area contributed by atoms with Gasteiger partial charge in [-0.3, -0.25) is 4.79 Å². The van der Waals surface area contributed by atoms with E-state index in [-0.39, 0.29) is 5.91 Å². The van der Waals surface area contributed by atoms with Crippen molar-refractivity contribution in [1.29, 1.82) is 0 Å². The molecule has 0 radical (unpaired) electrons. The Morgan fingerprint density at radius 1 is 1.30 bits per heavy atom. The fourth-order valence-electron chi connectivity index (χ4n) is 1.64. The Labute approximate surface area is 124 Å². The van der Waals surface area contributed by atoms with E-state index in [4.69, 9.17) is 21.1 Å². The van der Waals surface area contributed by atoms with Gasteiger partial charge < -0.3 is 20.1 Å². The number of ether oxygens (including phenoxy) is 2. The first kappa shape index (κ1) is 16.8. The van der Waals surface area contributed by atoms with Crippen LogP contribution in [-0.2, 0) is 9.53 Å². The van der Waals surface area contributed by atoms with E-state index in [1.807, 2.05) is 6.92 Å². The molecule has 5 nitrogen and oxygen atoms in total. The molecule has 112 valence electrons. The van der Waals surface area contributed by atoms with Crippen molar-refractivity contribution in [2.24, 2.45) is 0 Å². The molecule has 1 aromatic rings. The molecule has 0 aliphatic heterocycles. The molecule has 1 rings (SSSR count). The van der Waals surface area contributed by atoms with Crippen LogP contribution < -0.4 is 15.4 Å². The number of halogens is 1. The summed E-state index contributed by atoms with van der Waals surface area (Å²) >= 11 is 6.02. The van der Waals surface area contributed by atoms with E-state index in [0.29, 0.717) is 36.0 Å². The highest BCUT2D eigenvalue weighted by molar-refractivity contribution is 6.31. The summed E-state index contributed by atoms with van der Waals surface area (Å²) in [4.78, 5) is 11.8. The molecule has 0 fully saturated rings. The Kier molecular flexibility index (Phi) is 7.36. The maximum absolute atomic E-state index is 11.8. The van der Waals surface area contributed by atoms with Crippen LogP contribution in [0.3, 0.4) is 0 Å². The van der Waals surface area contributed by atoms with E-state index >= 15 is 0 Å². The molecule has 0 saturated carbocycles. The molecule has 0 heterocycles. The minimum atomic E-state index is -0.0741. The second kappa shape index (κ2) is 8.79. The number of amides is 1. The van der Waals surface area contributed by atoms with Crippen LogP contribution in [0.5, 0.6) is 5.75 Å². The maximum Gasteiger partial charge on any atom is 0.225 e. The summed E-state index contributed by atoms with van der Waals surface area (Å²) in [5, 5.41) is 6.55. The molecular formula is C14H21ClN2O3. The number of nitrogens with one attached hydrogen (secondary N) is 2. The fourth-order valence-corrected chi connectivity index (χ4v) is 1.80. The normalized spacial score (nSPS) is 10.4. The predicted molar refractivity (Wildman–Crippen MR) is 80.7 cm³/mol. The summed E-state index contributed by atoms with van der Waals surface area (Å²) in [5.41, 5.74) is 1.53. The van der Waals surface area contributed by atoms with Gasteiger partial charge in [-0.15, -0.1) is 0 Å². The molecule has 2 N–H and O–H groups in total. The number of carbonyl (C=O) groups excluding carboxylic acids is 1. The van der Waals surface area contributed by atoms with Gasteiger partial charge in [-0.25, -0.2) is 0 Å². The van der Waals surface area contributed by atoms with Gasteiger partial charge in [0.05, 0.1) is 19.4 Å². The Balaban J connectivity index is 2.51. The quantitative estimate of drug-likeness (QED) is 0.723. The summed E-state index contributed by atoms with van der Waals surface area (Å²) in [7, 11) is 3.19. The Morgan fingerprint density at radius 2 is 2.05 bits per heavy atom. The Hall–Kier alpha value is -1.30. The summed E-state index contributed by atoms with van der Waals surface area (Å²) in [6.45, 7) is 3.84. The van der Waals surface area contributed by atoms with Crippen LogP contribution in [-0.4, -0.2) is 39.8 Å². The lowest BCUT2D eigenvalue weighted by Gasteiger charge is -2.12. The largest absolute Gasteiger partial charge is 0.495 e. The van der Waals surface area contributed by atoms with Crippen LogP contribution in [0.15, 0.2) is 12.1 Å². The molecule has 0 unspecified atom stereocenters. The number of anilines is 1. The van der Waals surface area contributed by atoms with Gasteiger partial charge in [0.2, 0.25) is 5.91 Å². The molecule has 6 heteroatoms. The van der Waals surface area contributed by atoms with Crippen LogP contribution in [0.25, 0.3) is 0 Å². The lowest BCUT2D eigenvalue weighted by molar-refractivity contribution is -0.116. The van der Waals surface area contributed by atoms with Crippen molar-refractivity contribution in [3.63, 3.8) is 0 Å². The topological polar surface area (TPSA) is 59.6 Å². The highest BCUT2D eigenvalue weighted by atomic mass is 35.5. The monoisotopic (exact) mass is 300 g/mol. The molecule has 0 saturated heterocycles. The molecule has 1 aromatic carbocycles. The van der Waals surface area contributed by atoms with Crippen molar-refractivity contribution in [1.82, 2.24) is 5.32 Å². The van der Waals surface area contributed by atoms with Crippen LogP contribution in [0.2, 0.25) is 5.02 Å². The zero-order valence-electron chi connectivity index (χ0n) is 12.1. The fraction of sp³-hybridized carbons (Fsp3) is 0.500. The van der Waals surface area contributed by atoms with Crippen LogP contribution in [0.1, 0.15) is 12.0 Å². The van der Waals surface area contributed by atoms with Gasteiger partial charge in [0.1, 0.15) is 5.75 Å². The van der Waals surface area contributed by atoms with Crippen LogP contribution in [0.4, 0.5) is 5.69 Å². The predicted octanol–water partition coefficient (Wildman–Crippen LogP) is 2.22. The molecule has 1 amide bonds. The Morgan fingerprint density at radius 3 is 2.70 bits per heavy atom. The zero-order valence-corrected chi connectivity index (χ0v) is 12.8. The Bertz CT molecular complexity index is 452. The molecule has 0 aliphatic rings.